The molecule has 0 heterocycles. The molecule has 1 aromatic rings. The summed E-state index contributed by atoms with van der Waals surface area (Å²) >= 11 is 0. The van der Waals surface area contributed by atoms with Crippen molar-refractivity contribution < 1.29 is 9.53 Å². The molecule has 1 aromatic carbocycles. The summed E-state index contributed by atoms with van der Waals surface area (Å²) in [5.74, 6) is 2.75. The molecule has 0 amide bonds. The molecule has 0 unspecified atom stereocenters. The van der Waals surface area contributed by atoms with Crippen LogP contribution in [0, 0.1) is 0 Å². The van der Waals surface area contributed by atoms with Crippen LogP contribution < -0.4 is 4.74 Å². The Balaban J connectivity index is 2.68. The molecule has 0 aliphatic rings. The number of benzene rings is 1. The van der Waals surface area contributed by atoms with E-state index in [1.165, 1.54) is 0 Å². The molecule has 0 saturated heterocycles. The summed E-state index contributed by atoms with van der Waals surface area (Å²) in [4.78, 5) is 10.3. The van der Waals surface area contributed by atoms with Crippen LogP contribution in [0.2, 0.25) is 0 Å². The second-order valence-electron chi connectivity index (χ2n) is 3.14. The van der Waals surface area contributed by atoms with Gasteiger partial charge < -0.3 is 4.74 Å². The molecular weight excluding hydrogens is 176 g/mol. The molecular formula is C12H14O2. The highest BCUT2D eigenvalue weighted by Crippen LogP contribution is 2.13. The maximum atomic E-state index is 10.3. The normalized spacial score (nSPS) is 9.29. The zero-order valence-corrected chi connectivity index (χ0v) is 8.54. The van der Waals surface area contributed by atoms with E-state index in [1.54, 1.807) is 6.92 Å². The first-order valence-electron chi connectivity index (χ1n) is 4.68. The van der Waals surface area contributed by atoms with Gasteiger partial charge >= 0.3 is 0 Å². The predicted molar refractivity (Wildman–Crippen MR) is 56.2 cm³/mol. The second-order valence-corrected chi connectivity index (χ2v) is 3.14. The summed E-state index contributed by atoms with van der Waals surface area (Å²) in [5.41, 5.74) is 1.82. The van der Waals surface area contributed by atoms with E-state index < -0.39 is 0 Å². The van der Waals surface area contributed by atoms with E-state index in [0.717, 1.165) is 11.3 Å². The summed E-state index contributed by atoms with van der Waals surface area (Å²) in [6.45, 7) is 4.41. The molecule has 0 atom stereocenters. The third-order valence-electron chi connectivity index (χ3n) is 1.88. The monoisotopic (exact) mass is 190 g/mol. The van der Waals surface area contributed by atoms with Gasteiger partial charge in [0.15, 0.2) is 0 Å². The number of hydrogen-bond acceptors (Lipinski definition) is 2. The van der Waals surface area contributed by atoms with E-state index in [0.29, 0.717) is 18.6 Å². The van der Waals surface area contributed by atoms with Gasteiger partial charge in [0.25, 0.3) is 0 Å². The van der Waals surface area contributed by atoms with E-state index in [4.69, 9.17) is 4.74 Å². The first-order valence-corrected chi connectivity index (χ1v) is 4.68. The highest BCUT2D eigenvalue weighted by Gasteiger charge is 1.96. The molecule has 0 saturated carbocycles. The van der Waals surface area contributed by atoms with Gasteiger partial charge in [-0.15, -0.1) is 0 Å². The van der Waals surface area contributed by atoms with E-state index >= 15 is 0 Å². The molecule has 0 aliphatic carbocycles. The topological polar surface area (TPSA) is 26.3 Å². The Bertz CT molecular complexity index is 332. The summed E-state index contributed by atoms with van der Waals surface area (Å²) in [6, 6.07) is 7.76. The van der Waals surface area contributed by atoms with E-state index in [9.17, 15) is 4.79 Å². The summed E-state index contributed by atoms with van der Waals surface area (Å²) in [5, 5.41) is 0. The summed E-state index contributed by atoms with van der Waals surface area (Å²) in [6.07, 6.45) is 0.663. The Hall–Kier alpha value is -1.53. The van der Waals surface area contributed by atoms with Crippen molar-refractivity contribution >= 4 is 5.94 Å². The van der Waals surface area contributed by atoms with Crippen molar-refractivity contribution in [3.05, 3.63) is 35.4 Å². The zero-order valence-electron chi connectivity index (χ0n) is 8.54. The van der Waals surface area contributed by atoms with Crippen LogP contribution in [0.25, 0.3) is 0 Å². The zero-order chi connectivity index (χ0) is 10.4. The first-order chi connectivity index (χ1) is 6.76. The summed E-state index contributed by atoms with van der Waals surface area (Å²) < 4.78 is 5.31. The maximum Gasteiger partial charge on any atom is 0.123 e. The van der Waals surface area contributed by atoms with Crippen LogP contribution in [0.15, 0.2) is 29.8 Å². The third kappa shape index (κ3) is 3.08. The summed E-state index contributed by atoms with van der Waals surface area (Å²) in [7, 11) is 0. The predicted octanol–water partition coefficient (Wildman–Crippen LogP) is 2.41. The minimum absolute atomic E-state index is 0.663. The van der Waals surface area contributed by atoms with Crippen molar-refractivity contribution in [2.75, 3.05) is 6.61 Å². The van der Waals surface area contributed by atoms with Crippen LogP contribution in [0.3, 0.4) is 0 Å². The first kappa shape index (κ1) is 10.6. The number of allylic oxidation sites excluding steroid dienone is 1. The Morgan fingerprint density at radius 2 is 2.00 bits per heavy atom. The van der Waals surface area contributed by atoms with Gasteiger partial charge in [-0.3, -0.25) is 0 Å². The molecule has 1 rings (SSSR count). The standard InChI is InChI=1S/C12H14O2/c1-3-14-12-6-4-11(5-7-12)8-10(2)9-13/h4-7H,3,8H2,1-2H3. The molecule has 74 valence electrons. The van der Waals surface area contributed by atoms with Crippen molar-refractivity contribution in [3.8, 4) is 5.75 Å². The van der Waals surface area contributed by atoms with Gasteiger partial charge in [0.1, 0.15) is 11.7 Å². The smallest absolute Gasteiger partial charge is 0.123 e. The fourth-order valence-corrected chi connectivity index (χ4v) is 1.21. The van der Waals surface area contributed by atoms with Gasteiger partial charge in [-0.2, -0.15) is 0 Å². The van der Waals surface area contributed by atoms with Crippen LogP contribution in [0.4, 0.5) is 0 Å². The van der Waals surface area contributed by atoms with Crippen molar-refractivity contribution in [1.29, 1.82) is 0 Å². The van der Waals surface area contributed by atoms with Gasteiger partial charge in [-0.1, -0.05) is 12.1 Å². The molecule has 0 aromatic heterocycles. The lowest BCUT2D eigenvalue weighted by atomic mass is 10.1. The Kier molecular flexibility index (Phi) is 3.96. The number of carbonyl (C=O) groups excluding carboxylic acids is 1. The van der Waals surface area contributed by atoms with Crippen LogP contribution in [-0.2, 0) is 11.2 Å². The molecule has 0 radical (unpaired) electrons. The van der Waals surface area contributed by atoms with Gasteiger partial charge in [-0.25, -0.2) is 4.79 Å². The highest BCUT2D eigenvalue weighted by molar-refractivity contribution is 5.52. The van der Waals surface area contributed by atoms with Gasteiger partial charge in [0.2, 0.25) is 0 Å². The molecule has 0 N–H and O–H groups in total. The molecule has 2 nitrogen and oxygen atoms in total. The lowest BCUT2D eigenvalue weighted by molar-refractivity contribution is 0.340. The minimum atomic E-state index is 0.663. The van der Waals surface area contributed by atoms with Gasteiger partial charge in [0.05, 0.1) is 6.61 Å². The van der Waals surface area contributed by atoms with Crippen LogP contribution >= 0.6 is 0 Å². The average molecular weight is 190 g/mol. The molecule has 0 fully saturated rings. The largest absolute Gasteiger partial charge is 0.494 e. The number of rotatable bonds is 4. The van der Waals surface area contributed by atoms with E-state index in [-0.39, 0.29) is 0 Å². The molecule has 0 bridgehead atoms. The van der Waals surface area contributed by atoms with Gasteiger partial charge in [-0.05, 0) is 31.5 Å². The Labute approximate surface area is 84.2 Å². The van der Waals surface area contributed by atoms with E-state index in [1.807, 2.05) is 37.1 Å². The van der Waals surface area contributed by atoms with Crippen molar-refractivity contribution in [2.45, 2.75) is 20.3 Å². The molecule has 2 heteroatoms. The van der Waals surface area contributed by atoms with Crippen LogP contribution in [0.5, 0.6) is 5.75 Å². The highest BCUT2D eigenvalue weighted by atomic mass is 16.5. The second kappa shape index (κ2) is 5.25. The molecule has 0 spiro atoms. The van der Waals surface area contributed by atoms with Crippen LogP contribution in [0.1, 0.15) is 19.4 Å². The number of ether oxygens (including phenoxy) is 1. The lowest BCUT2D eigenvalue weighted by Crippen LogP contribution is -1.92. The Morgan fingerprint density at radius 3 is 2.50 bits per heavy atom. The SMILES string of the molecule is CCOc1ccc(CC(C)=C=O)cc1. The van der Waals surface area contributed by atoms with Gasteiger partial charge in [0, 0.05) is 12.0 Å². The fraction of sp³-hybridized carbons (Fsp3) is 0.333. The third-order valence-corrected chi connectivity index (χ3v) is 1.88. The number of hydrogen-bond donors (Lipinski definition) is 0. The maximum absolute atomic E-state index is 10.3. The van der Waals surface area contributed by atoms with Crippen molar-refractivity contribution in [3.63, 3.8) is 0 Å². The quantitative estimate of drug-likeness (QED) is 0.681. The fourth-order valence-electron chi connectivity index (χ4n) is 1.21. The lowest BCUT2D eigenvalue weighted by Gasteiger charge is -2.03. The average Bonchev–Trinajstić information content (AvgIpc) is 2.21. The van der Waals surface area contributed by atoms with Crippen molar-refractivity contribution in [2.24, 2.45) is 0 Å². The molecule has 0 aliphatic heterocycles. The van der Waals surface area contributed by atoms with E-state index in [2.05, 4.69) is 0 Å². The minimum Gasteiger partial charge on any atom is -0.494 e. The van der Waals surface area contributed by atoms with Crippen molar-refractivity contribution in [1.82, 2.24) is 0 Å². The molecule has 14 heavy (non-hydrogen) atoms. The van der Waals surface area contributed by atoms with Crippen LogP contribution in [-0.4, -0.2) is 12.5 Å². The Morgan fingerprint density at radius 1 is 1.36 bits per heavy atom.